The summed E-state index contributed by atoms with van der Waals surface area (Å²) >= 11 is 0. The van der Waals surface area contributed by atoms with Crippen LogP contribution in [0, 0.1) is 0 Å². The molecule has 1 amide bonds. The van der Waals surface area contributed by atoms with Crippen LogP contribution in [0.4, 0.5) is 0 Å². The van der Waals surface area contributed by atoms with Crippen molar-refractivity contribution in [2.24, 2.45) is 0 Å². The molecule has 1 aliphatic rings. The van der Waals surface area contributed by atoms with Crippen molar-refractivity contribution in [1.29, 1.82) is 0 Å². The average Bonchev–Trinajstić information content (AvgIpc) is 2.25. The molecule has 1 N–H and O–H groups in total. The van der Waals surface area contributed by atoms with Crippen molar-refractivity contribution in [1.82, 2.24) is 10.2 Å². The van der Waals surface area contributed by atoms with Gasteiger partial charge in [-0.1, -0.05) is 0 Å². The van der Waals surface area contributed by atoms with Gasteiger partial charge in [-0.15, -0.1) is 0 Å². The first-order chi connectivity index (χ1) is 7.20. The van der Waals surface area contributed by atoms with E-state index in [-0.39, 0.29) is 5.91 Å². The van der Waals surface area contributed by atoms with Crippen LogP contribution >= 0.6 is 0 Å². The highest BCUT2D eigenvalue weighted by Crippen LogP contribution is 2.14. The number of hydrogen-bond acceptors (Lipinski definition) is 3. The minimum atomic E-state index is 0.125. The number of rotatable bonds is 5. The molecule has 0 aromatic carbocycles. The fourth-order valence-electron chi connectivity index (χ4n) is 1.65. The number of ether oxygens (including phenoxy) is 1. The molecular weight excluding hydrogens is 192 g/mol. The Balaban J connectivity index is 1.98. The lowest BCUT2D eigenvalue weighted by molar-refractivity contribution is -0.127. The topological polar surface area (TPSA) is 41.6 Å². The van der Waals surface area contributed by atoms with E-state index >= 15 is 0 Å². The second-order valence-corrected chi connectivity index (χ2v) is 4.24. The fourth-order valence-corrected chi connectivity index (χ4v) is 1.65. The quantitative estimate of drug-likeness (QED) is 0.682. The zero-order valence-electron chi connectivity index (χ0n) is 9.79. The van der Waals surface area contributed by atoms with Gasteiger partial charge in [0.15, 0.2) is 0 Å². The van der Waals surface area contributed by atoms with Crippen molar-refractivity contribution < 1.29 is 9.53 Å². The second-order valence-electron chi connectivity index (χ2n) is 4.24. The van der Waals surface area contributed by atoms with Crippen LogP contribution in [0.3, 0.4) is 0 Å². The van der Waals surface area contributed by atoms with Crippen LogP contribution < -0.4 is 5.32 Å². The van der Waals surface area contributed by atoms with Gasteiger partial charge in [0.2, 0.25) is 5.91 Å². The molecule has 1 fully saturated rings. The number of likely N-dealkylation sites (N-methyl/N-ethyl adjacent to an activating group) is 1. The molecule has 1 saturated heterocycles. The lowest BCUT2D eigenvalue weighted by atomic mass is 10.1. The highest BCUT2D eigenvalue weighted by molar-refractivity contribution is 5.77. The van der Waals surface area contributed by atoms with Crippen molar-refractivity contribution in [3.05, 3.63) is 0 Å². The summed E-state index contributed by atoms with van der Waals surface area (Å²) in [5.41, 5.74) is 0. The first-order valence-electron chi connectivity index (χ1n) is 5.72. The SMILES string of the molecule is CN(C)C(=O)CNCCC1CCCCO1. The normalized spacial score (nSPS) is 21.3. The van der Waals surface area contributed by atoms with Crippen molar-refractivity contribution in [2.45, 2.75) is 31.8 Å². The standard InChI is InChI=1S/C11H22N2O2/c1-13(2)11(14)9-12-7-6-10-5-3-4-8-15-10/h10,12H,3-9H2,1-2H3. The number of nitrogens with zero attached hydrogens (tertiary/aromatic N) is 1. The molecule has 0 aliphatic carbocycles. The van der Waals surface area contributed by atoms with E-state index in [1.165, 1.54) is 19.3 Å². The number of carbonyl (C=O) groups excluding carboxylic acids is 1. The molecule has 15 heavy (non-hydrogen) atoms. The first kappa shape index (κ1) is 12.5. The van der Waals surface area contributed by atoms with Gasteiger partial charge in [0.05, 0.1) is 12.6 Å². The molecule has 0 spiro atoms. The molecule has 1 heterocycles. The zero-order valence-corrected chi connectivity index (χ0v) is 9.79. The molecule has 0 saturated carbocycles. The van der Waals surface area contributed by atoms with E-state index in [1.54, 1.807) is 19.0 Å². The molecule has 0 aromatic rings. The number of nitrogens with one attached hydrogen (secondary N) is 1. The summed E-state index contributed by atoms with van der Waals surface area (Å²) in [6, 6.07) is 0. The molecular formula is C11H22N2O2. The molecule has 4 nitrogen and oxygen atoms in total. The summed E-state index contributed by atoms with van der Waals surface area (Å²) in [5, 5.41) is 3.14. The molecule has 0 aromatic heterocycles. The molecule has 1 unspecified atom stereocenters. The minimum absolute atomic E-state index is 0.125. The Labute approximate surface area is 92.0 Å². The van der Waals surface area contributed by atoms with Gasteiger partial charge in [-0.2, -0.15) is 0 Å². The highest BCUT2D eigenvalue weighted by atomic mass is 16.5. The van der Waals surface area contributed by atoms with Gasteiger partial charge in [0.1, 0.15) is 0 Å². The van der Waals surface area contributed by atoms with E-state index in [1.807, 2.05) is 0 Å². The molecule has 0 bridgehead atoms. The first-order valence-corrected chi connectivity index (χ1v) is 5.72. The number of hydrogen-bond donors (Lipinski definition) is 1. The fraction of sp³-hybridized carbons (Fsp3) is 0.909. The van der Waals surface area contributed by atoms with E-state index in [9.17, 15) is 4.79 Å². The van der Waals surface area contributed by atoms with Crippen LogP contribution in [0.15, 0.2) is 0 Å². The van der Waals surface area contributed by atoms with Gasteiger partial charge in [-0.05, 0) is 32.2 Å². The average molecular weight is 214 g/mol. The Morgan fingerprint density at radius 2 is 2.27 bits per heavy atom. The van der Waals surface area contributed by atoms with Gasteiger partial charge in [-0.3, -0.25) is 4.79 Å². The van der Waals surface area contributed by atoms with Crippen LogP contribution in [-0.2, 0) is 9.53 Å². The monoisotopic (exact) mass is 214 g/mol. The molecule has 1 aliphatic heterocycles. The molecule has 4 heteroatoms. The summed E-state index contributed by atoms with van der Waals surface area (Å²) in [6.45, 7) is 2.20. The Morgan fingerprint density at radius 1 is 1.47 bits per heavy atom. The third kappa shape index (κ3) is 5.14. The predicted molar refractivity (Wildman–Crippen MR) is 59.8 cm³/mol. The third-order valence-corrected chi connectivity index (χ3v) is 2.69. The third-order valence-electron chi connectivity index (χ3n) is 2.69. The number of amides is 1. The van der Waals surface area contributed by atoms with E-state index in [2.05, 4.69) is 5.32 Å². The van der Waals surface area contributed by atoms with Crippen LogP contribution in [0.5, 0.6) is 0 Å². The maximum Gasteiger partial charge on any atom is 0.236 e. The zero-order chi connectivity index (χ0) is 11.1. The molecule has 1 atom stereocenters. The highest BCUT2D eigenvalue weighted by Gasteiger charge is 2.13. The Bertz CT molecular complexity index is 189. The maximum atomic E-state index is 11.2. The van der Waals surface area contributed by atoms with Crippen LogP contribution in [0.25, 0.3) is 0 Å². The van der Waals surface area contributed by atoms with Crippen molar-refractivity contribution in [3.8, 4) is 0 Å². The van der Waals surface area contributed by atoms with E-state index in [0.29, 0.717) is 12.6 Å². The van der Waals surface area contributed by atoms with Crippen molar-refractivity contribution >= 4 is 5.91 Å². The summed E-state index contributed by atoms with van der Waals surface area (Å²) in [4.78, 5) is 12.8. The van der Waals surface area contributed by atoms with Gasteiger partial charge in [0.25, 0.3) is 0 Å². The predicted octanol–water partition coefficient (Wildman–Crippen LogP) is 0.623. The summed E-state index contributed by atoms with van der Waals surface area (Å²) in [7, 11) is 3.54. The smallest absolute Gasteiger partial charge is 0.236 e. The minimum Gasteiger partial charge on any atom is -0.378 e. The van der Waals surface area contributed by atoms with Crippen LogP contribution in [-0.4, -0.2) is 50.7 Å². The lowest BCUT2D eigenvalue weighted by Crippen LogP contribution is -2.34. The van der Waals surface area contributed by atoms with Crippen LogP contribution in [0.1, 0.15) is 25.7 Å². The summed E-state index contributed by atoms with van der Waals surface area (Å²) in [5.74, 6) is 0.125. The van der Waals surface area contributed by atoms with Crippen molar-refractivity contribution in [2.75, 3.05) is 33.8 Å². The van der Waals surface area contributed by atoms with E-state index in [4.69, 9.17) is 4.74 Å². The second kappa shape index (κ2) is 6.80. The van der Waals surface area contributed by atoms with E-state index < -0.39 is 0 Å². The van der Waals surface area contributed by atoms with Crippen molar-refractivity contribution in [3.63, 3.8) is 0 Å². The van der Waals surface area contributed by atoms with E-state index in [0.717, 1.165) is 19.6 Å². The Hall–Kier alpha value is -0.610. The van der Waals surface area contributed by atoms with Gasteiger partial charge < -0.3 is 15.0 Å². The summed E-state index contributed by atoms with van der Waals surface area (Å²) in [6.07, 6.45) is 5.06. The van der Waals surface area contributed by atoms with Gasteiger partial charge in [0, 0.05) is 20.7 Å². The Morgan fingerprint density at radius 3 is 2.87 bits per heavy atom. The van der Waals surface area contributed by atoms with Gasteiger partial charge >= 0.3 is 0 Å². The summed E-state index contributed by atoms with van der Waals surface area (Å²) < 4.78 is 5.60. The maximum absolute atomic E-state index is 11.2. The largest absolute Gasteiger partial charge is 0.378 e. The lowest BCUT2D eigenvalue weighted by Gasteiger charge is -2.22. The van der Waals surface area contributed by atoms with Gasteiger partial charge in [-0.25, -0.2) is 0 Å². The Kier molecular flexibility index (Phi) is 5.65. The van der Waals surface area contributed by atoms with Crippen LogP contribution in [0.2, 0.25) is 0 Å². The molecule has 88 valence electrons. The molecule has 1 rings (SSSR count). The number of carbonyl (C=O) groups is 1. The molecule has 0 radical (unpaired) electrons.